The molecule has 1 aromatic carbocycles. The Morgan fingerprint density at radius 1 is 1.32 bits per heavy atom. The van der Waals surface area contributed by atoms with Crippen molar-refractivity contribution < 1.29 is 4.74 Å². The van der Waals surface area contributed by atoms with Crippen LogP contribution < -0.4 is 15.6 Å². The Hall–Kier alpha value is -1.81. The number of ether oxygens (including phenoxy) is 1. The largest absolute Gasteiger partial charge is 0.497 e. The van der Waals surface area contributed by atoms with Crippen molar-refractivity contribution >= 4 is 10.9 Å². The molecule has 0 aliphatic rings. The molecule has 102 valence electrons. The summed E-state index contributed by atoms with van der Waals surface area (Å²) < 4.78 is 7.05. The lowest BCUT2D eigenvalue weighted by Gasteiger charge is -2.13. The summed E-state index contributed by atoms with van der Waals surface area (Å²) in [5, 5.41) is 4.34. The van der Waals surface area contributed by atoms with Gasteiger partial charge < -0.3 is 14.6 Å². The zero-order valence-electron chi connectivity index (χ0n) is 11.7. The van der Waals surface area contributed by atoms with Crippen molar-refractivity contribution in [2.45, 2.75) is 20.4 Å². The normalized spacial score (nSPS) is 10.9. The Morgan fingerprint density at radius 2 is 2.11 bits per heavy atom. The van der Waals surface area contributed by atoms with Crippen LogP contribution in [0.15, 0.2) is 29.1 Å². The molecule has 0 amide bonds. The van der Waals surface area contributed by atoms with Gasteiger partial charge in [-0.25, -0.2) is 0 Å². The third-order valence-corrected chi connectivity index (χ3v) is 3.29. The molecule has 0 aliphatic carbocycles. The maximum absolute atomic E-state index is 12.1. The van der Waals surface area contributed by atoms with Crippen LogP contribution in [0, 0.1) is 6.92 Å². The molecule has 0 bridgehead atoms. The first kappa shape index (κ1) is 13.6. The average molecular weight is 260 g/mol. The minimum atomic E-state index is 0.0381. The molecule has 0 fully saturated rings. The van der Waals surface area contributed by atoms with Crippen LogP contribution in [0.5, 0.6) is 5.75 Å². The fraction of sp³-hybridized carbons (Fsp3) is 0.400. The van der Waals surface area contributed by atoms with E-state index in [-0.39, 0.29) is 5.56 Å². The fourth-order valence-electron chi connectivity index (χ4n) is 2.25. The van der Waals surface area contributed by atoms with E-state index < -0.39 is 0 Å². The van der Waals surface area contributed by atoms with Crippen LogP contribution in [0.4, 0.5) is 0 Å². The molecule has 0 aliphatic heterocycles. The number of hydrogen-bond donors (Lipinski definition) is 1. The van der Waals surface area contributed by atoms with E-state index in [1.54, 1.807) is 17.7 Å². The van der Waals surface area contributed by atoms with Gasteiger partial charge in [0.1, 0.15) is 5.75 Å². The number of pyridine rings is 1. The van der Waals surface area contributed by atoms with Gasteiger partial charge in [-0.2, -0.15) is 0 Å². The van der Waals surface area contributed by atoms with Crippen LogP contribution in [-0.4, -0.2) is 24.8 Å². The molecular formula is C15H20N2O2. The lowest BCUT2D eigenvalue weighted by Crippen LogP contribution is -2.27. The van der Waals surface area contributed by atoms with Gasteiger partial charge in [0.2, 0.25) is 0 Å². The van der Waals surface area contributed by atoms with Crippen LogP contribution in [0.3, 0.4) is 0 Å². The molecule has 0 atom stereocenters. The van der Waals surface area contributed by atoms with Crippen LogP contribution >= 0.6 is 0 Å². The fourth-order valence-corrected chi connectivity index (χ4v) is 2.25. The Kier molecular flexibility index (Phi) is 4.22. The van der Waals surface area contributed by atoms with Crippen molar-refractivity contribution in [2.24, 2.45) is 0 Å². The summed E-state index contributed by atoms with van der Waals surface area (Å²) in [5.74, 6) is 0.773. The molecule has 4 heteroatoms. The number of nitrogens with one attached hydrogen (secondary N) is 1. The molecule has 1 heterocycles. The highest BCUT2D eigenvalue weighted by Crippen LogP contribution is 2.22. The highest BCUT2D eigenvalue weighted by atomic mass is 16.5. The summed E-state index contributed by atoms with van der Waals surface area (Å²) in [6.07, 6.45) is 0. The van der Waals surface area contributed by atoms with Gasteiger partial charge in [0.05, 0.1) is 12.6 Å². The van der Waals surface area contributed by atoms with E-state index in [4.69, 9.17) is 4.74 Å². The maximum atomic E-state index is 12.1. The summed E-state index contributed by atoms with van der Waals surface area (Å²) >= 11 is 0. The number of rotatable bonds is 5. The van der Waals surface area contributed by atoms with E-state index in [9.17, 15) is 4.79 Å². The number of nitrogens with zero attached hydrogens (tertiary/aromatic N) is 1. The topological polar surface area (TPSA) is 43.3 Å². The molecule has 0 saturated carbocycles. The summed E-state index contributed by atoms with van der Waals surface area (Å²) in [6, 6.07) is 7.55. The number of likely N-dealkylation sites (N-methyl/N-ethyl adjacent to an activating group) is 1. The molecule has 19 heavy (non-hydrogen) atoms. The quantitative estimate of drug-likeness (QED) is 0.835. The van der Waals surface area contributed by atoms with Crippen LogP contribution in [-0.2, 0) is 6.54 Å². The first-order valence-corrected chi connectivity index (χ1v) is 6.56. The Morgan fingerprint density at radius 3 is 2.79 bits per heavy atom. The lowest BCUT2D eigenvalue weighted by molar-refractivity contribution is 0.415. The Balaban J connectivity index is 2.56. The number of fused-ring (bicyclic) bond motifs is 1. The predicted molar refractivity (Wildman–Crippen MR) is 78.0 cm³/mol. The summed E-state index contributed by atoms with van der Waals surface area (Å²) in [5.41, 5.74) is 1.97. The third-order valence-electron chi connectivity index (χ3n) is 3.29. The molecule has 4 nitrogen and oxygen atoms in total. The Labute approximate surface area is 113 Å². The molecular weight excluding hydrogens is 240 g/mol. The van der Waals surface area contributed by atoms with Crippen molar-refractivity contribution in [1.82, 2.24) is 9.88 Å². The van der Waals surface area contributed by atoms with Gasteiger partial charge in [0.25, 0.3) is 5.56 Å². The third kappa shape index (κ3) is 2.79. The van der Waals surface area contributed by atoms with E-state index in [1.165, 1.54) is 0 Å². The first-order valence-electron chi connectivity index (χ1n) is 6.56. The van der Waals surface area contributed by atoms with Gasteiger partial charge in [0.15, 0.2) is 0 Å². The van der Waals surface area contributed by atoms with Crippen molar-refractivity contribution in [1.29, 1.82) is 0 Å². The van der Waals surface area contributed by atoms with Crippen molar-refractivity contribution in [3.05, 3.63) is 40.2 Å². The smallest absolute Gasteiger partial charge is 0.251 e. The van der Waals surface area contributed by atoms with Gasteiger partial charge in [-0.15, -0.1) is 0 Å². The zero-order valence-corrected chi connectivity index (χ0v) is 11.7. The van der Waals surface area contributed by atoms with E-state index in [0.29, 0.717) is 6.54 Å². The van der Waals surface area contributed by atoms with Crippen molar-refractivity contribution in [3.8, 4) is 5.75 Å². The Bertz CT molecular complexity index is 632. The second-order valence-electron chi connectivity index (χ2n) is 4.55. The van der Waals surface area contributed by atoms with E-state index in [0.717, 1.165) is 35.3 Å². The number of methoxy groups -OCH3 is 1. The van der Waals surface area contributed by atoms with Gasteiger partial charge in [-0.3, -0.25) is 4.79 Å². The molecule has 0 unspecified atom stereocenters. The van der Waals surface area contributed by atoms with E-state index in [1.807, 2.05) is 25.1 Å². The minimum Gasteiger partial charge on any atom is -0.497 e. The van der Waals surface area contributed by atoms with Crippen molar-refractivity contribution in [2.75, 3.05) is 20.2 Å². The number of benzene rings is 1. The number of hydrogen-bond acceptors (Lipinski definition) is 3. The lowest BCUT2D eigenvalue weighted by atomic mass is 10.1. The van der Waals surface area contributed by atoms with Crippen LogP contribution in [0.1, 0.15) is 12.5 Å². The SMILES string of the molecule is CCNCCn1c(=O)cc(C)c2ccc(OC)cc21. The molecule has 1 N–H and O–H groups in total. The zero-order chi connectivity index (χ0) is 13.8. The molecule has 0 saturated heterocycles. The molecule has 1 aromatic heterocycles. The van der Waals surface area contributed by atoms with Gasteiger partial charge in [-0.05, 0) is 31.2 Å². The van der Waals surface area contributed by atoms with Gasteiger partial charge >= 0.3 is 0 Å². The molecule has 0 radical (unpaired) electrons. The standard InChI is InChI=1S/C15H20N2O2/c1-4-16-7-8-17-14-10-12(19-3)5-6-13(14)11(2)9-15(17)18/h5-6,9-10,16H,4,7-8H2,1-3H3. The second-order valence-corrected chi connectivity index (χ2v) is 4.55. The van der Waals surface area contributed by atoms with E-state index in [2.05, 4.69) is 12.2 Å². The highest BCUT2D eigenvalue weighted by molar-refractivity contribution is 5.83. The monoisotopic (exact) mass is 260 g/mol. The highest BCUT2D eigenvalue weighted by Gasteiger charge is 2.07. The van der Waals surface area contributed by atoms with Crippen LogP contribution in [0.2, 0.25) is 0 Å². The van der Waals surface area contributed by atoms with Gasteiger partial charge in [0, 0.05) is 30.6 Å². The van der Waals surface area contributed by atoms with E-state index >= 15 is 0 Å². The summed E-state index contributed by atoms with van der Waals surface area (Å²) in [6.45, 7) is 6.37. The predicted octanol–water partition coefficient (Wildman–Crippen LogP) is 1.93. The summed E-state index contributed by atoms with van der Waals surface area (Å²) in [4.78, 5) is 12.1. The van der Waals surface area contributed by atoms with Gasteiger partial charge in [-0.1, -0.05) is 6.92 Å². The molecule has 2 aromatic rings. The van der Waals surface area contributed by atoms with Crippen molar-refractivity contribution in [3.63, 3.8) is 0 Å². The number of aromatic nitrogens is 1. The molecule has 2 rings (SSSR count). The number of aryl methyl sites for hydroxylation is 1. The second kappa shape index (κ2) is 5.89. The average Bonchev–Trinajstić information content (AvgIpc) is 2.42. The maximum Gasteiger partial charge on any atom is 0.251 e. The van der Waals surface area contributed by atoms with Crippen LogP contribution in [0.25, 0.3) is 10.9 Å². The molecule has 0 spiro atoms. The first-order chi connectivity index (χ1) is 9.17. The minimum absolute atomic E-state index is 0.0381. The summed E-state index contributed by atoms with van der Waals surface area (Å²) in [7, 11) is 1.64.